The fourth-order valence-electron chi connectivity index (χ4n) is 4.30. The summed E-state index contributed by atoms with van der Waals surface area (Å²) >= 11 is 0. The number of hydrogen-bond donors (Lipinski definition) is 2. The molecule has 0 radical (unpaired) electrons. The van der Waals surface area contributed by atoms with Crippen LogP contribution >= 0.6 is 0 Å². The molecule has 2 aliphatic rings. The fourth-order valence-corrected chi connectivity index (χ4v) is 5.37. The van der Waals surface area contributed by atoms with E-state index in [9.17, 15) is 18.0 Å². The Labute approximate surface area is 220 Å². The van der Waals surface area contributed by atoms with Gasteiger partial charge in [-0.2, -0.15) is 4.98 Å². The zero-order chi connectivity index (χ0) is 27.6. The molecule has 1 saturated heterocycles. The molecule has 1 atom stereocenters. The zero-order valence-corrected chi connectivity index (χ0v) is 22.4. The van der Waals surface area contributed by atoms with Gasteiger partial charge in [-0.05, 0) is 26.0 Å². The lowest BCUT2D eigenvalue weighted by Gasteiger charge is -2.32. The van der Waals surface area contributed by atoms with Crippen molar-refractivity contribution in [3.8, 4) is 5.88 Å². The number of benzene rings is 1. The molecule has 2 aliphatic heterocycles. The number of sulfonamides is 1. The number of rotatable bonds is 7. The number of carbonyl (C=O) groups excluding carboxylic acids is 2. The first-order valence-corrected chi connectivity index (χ1v) is 13.8. The van der Waals surface area contributed by atoms with Crippen LogP contribution in [0.5, 0.6) is 5.88 Å². The first-order valence-electron chi connectivity index (χ1n) is 12.3. The number of hydrogen-bond acceptors (Lipinski definition) is 10. The van der Waals surface area contributed by atoms with E-state index >= 15 is 4.39 Å². The second-order valence-corrected chi connectivity index (χ2v) is 11.0. The predicted molar refractivity (Wildman–Crippen MR) is 134 cm³/mol. The highest BCUT2D eigenvalue weighted by atomic mass is 32.2. The molecule has 0 aliphatic carbocycles. The molecule has 2 aromatic rings. The summed E-state index contributed by atoms with van der Waals surface area (Å²) in [4.78, 5) is 33.6. The van der Waals surface area contributed by atoms with Gasteiger partial charge in [0.05, 0.1) is 22.7 Å². The quantitative estimate of drug-likeness (QED) is 0.527. The number of halogens is 1. The van der Waals surface area contributed by atoms with Crippen LogP contribution < -0.4 is 19.9 Å². The topological polar surface area (TPSA) is 143 Å². The van der Waals surface area contributed by atoms with Crippen molar-refractivity contribution in [1.29, 1.82) is 0 Å². The summed E-state index contributed by atoms with van der Waals surface area (Å²) in [5.41, 5.74) is 4.28. The van der Waals surface area contributed by atoms with E-state index in [1.807, 2.05) is 4.72 Å². The van der Waals surface area contributed by atoms with E-state index in [0.717, 1.165) is 6.07 Å². The highest BCUT2D eigenvalue weighted by molar-refractivity contribution is 7.90. The van der Waals surface area contributed by atoms with Crippen molar-refractivity contribution in [1.82, 2.24) is 25.0 Å². The molecule has 3 heterocycles. The molecule has 0 bridgehead atoms. The second kappa shape index (κ2) is 11.1. The number of likely N-dealkylation sites (tertiary alicyclic amines) is 1. The lowest BCUT2D eigenvalue weighted by molar-refractivity contribution is -0.119. The molecule has 1 fully saturated rings. The van der Waals surface area contributed by atoms with Crippen LogP contribution in [0, 0.1) is 5.82 Å². The van der Waals surface area contributed by atoms with Crippen molar-refractivity contribution in [2.24, 2.45) is 0 Å². The van der Waals surface area contributed by atoms with E-state index < -0.39 is 27.8 Å². The van der Waals surface area contributed by atoms with Crippen molar-refractivity contribution in [3.05, 3.63) is 41.6 Å². The van der Waals surface area contributed by atoms with E-state index in [1.54, 1.807) is 30.8 Å². The maximum absolute atomic E-state index is 15.2. The van der Waals surface area contributed by atoms with Crippen LogP contribution in [0.2, 0.25) is 0 Å². The molecule has 38 heavy (non-hydrogen) atoms. The molecular weight excluding hydrogens is 519 g/mol. The molecule has 2 N–H and O–H groups in total. The van der Waals surface area contributed by atoms with Gasteiger partial charge in [0.25, 0.3) is 10.0 Å². The maximum atomic E-state index is 15.2. The van der Waals surface area contributed by atoms with Crippen LogP contribution in [0.3, 0.4) is 0 Å². The second-order valence-electron chi connectivity index (χ2n) is 9.34. The van der Waals surface area contributed by atoms with Gasteiger partial charge in [0.15, 0.2) is 0 Å². The Hall–Kier alpha value is -3.52. The molecule has 12 nitrogen and oxygen atoms in total. The summed E-state index contributed by atoms with van der Waals surface area (Å²) in [5, 5.41) is 1.63. The molecule has 4 rings (SSSR count). The summed E-state index contributed by atoms with van der Waals surface area (Å²) < 4.78 is 53.3. The minimum absolute atomic E-state index is 0.0250. The number of carbonyl (C=O) groups is 2. The molecule has 2 amide bonds. The van der Waals surface area contributed by atoms with Crippen LogP contribution in [-0.2, 0) is 19.6 Å². The third kappa shape index (κ3) is 5.80. The third-order valence-electron chi connectivity index (χ3n) is 6.23. The van der Waals surface area contributed by atoms with Gasteiger partial charge in [0.2, 0.25) is 11.8 Å². The lowest BCUT2D eigenvalue weighted by atomic mass is 10.0. The number of hydrazine groups is 1. The maximum Gasteiger partial charge on any atom is 0.410 e. The average molecular weight is 551 g/mol. The number of ether oxygens (including phenoxy) is 2. The van der Waals surface area contributed by atoms with Gasteiger partial charge in [0.1, 0.15) is 23.9 Å². The van der Waals surface area contributed by atoms with Crippen molar-refractivity contribution in [2.75, 3.05) is 25.1 Å². The Bertz CT molecular complexity index is 1320. The molecule has 1 aromatic heterocycles. The molecule has 0 spiro atoms. The number of aromatic nitrogens is 2. The number of fused-ring (bicyclic) bond motifs is 1. The smallest absolute Gasteiger partial charge is 0.410 e. The van der Waals surface area contributed by atoms with Crippen LogP contribution in [0.4, 0.5) is 14.9 Å². The average Bonchev–Trinajstić information content (AvgIpc) is 3.20. The van der Waals surface area contributed by atoms with Gasteiger partial charge in [-0.15, -0.1) is 0 Å². The summed E-state index contributed by atoms with van der Waals surface area (Å²) in [6.45, 7) is 6.09. The number of piperidine rings is 1. The van der Waals surface area contributed by atoms with Crippen LogP contribution in [0.1, 0.15) is 57.3 Å². The third-order valence-corrected chi connectivity index (χ3v) is 7.60. The van der Waals surface area contributed by atoms with E-state index in [4.69, 9.17) is 9.47 Å². The molecule has 0 saturated carbocycles. The Morgan fingerprint density at radius 3 is 2.58 bits per heavy atom. The van der Waals surface area contributed by atoms with Crippen molar-refractivity contribution in [2.45, 2.75) is 63.2 Å². The Morgan fingerprint density at radius 2 is 1.95 bits per heavy atom. The van der Waals surface area contributed by atoms with Crippen molar-refractivity contribution < 1.29 is 31.9 Å². The standard InChI is InChI=1S/C24H31FN6O6S/c1-5-19(32)29-38(34,35)16-6-7-17(18(25)12-16)20-21-22(30(4)28-20)23(27-13-26-21)37-15-8-10-31(11-9-15)24(33)36-14(2)3/h6-7,12-15,20,28H,5,8-11H2,1-4H3,(H,29,32). The van der Waals surface area contributed by atoms with Crippen LogP contribution in [0.15, 0.2) is 29.4 Å². The number of nitrogens with zero attached hydrogens (tertiary/aromatic N) is 4. The highest BCUT2D eigenvalue weighted by Gasteiger charge is 2.36. The van der Waals surface area contributed by atoms with E-state index in [2.05, 4.69) is 15.4 Å². The Balaban J connectivity index is 1.51. The normalized spacial score (nSPS) is 17.9. The van der Waals surface area contributed by atoms with Gasteiger partial charge in [0, 0.05) is 45.0 Å². The minimum Gasteiger partial charge on any atom is -0.473 e. The predicted octanol–water partition coefficient (Wildman–Crippen LogP) is 2.26. The Morgan fingerprint density at radius 1 is 1.24 bits per heavy atom. The van der Waals surface area contributed by atoms with Crippen LogP contribution in [0.25, 0.3) is 0 Å². The first kappa shape index (κ1) is 27.5. The number of anilines is 1. The summed E-state index contributed by atoms with van der Waals surface area (Å²) in [6, 6.07) is 2.72. The number of nitrogens with one attached hydrogen (secondary N) is 2. The van der Waals surface area contributed by atoms with E-state index in [-0.39, 0.29) is 35.2 Å². The molecule has 1 aromatic carbocycles. The monoisotopic (exact) mass is 550 g/mol. The van der Waals surface area contributed by atoms with Gasteiger partial charge >= 0.3 is 6.09 Å². The largest absolute Gasteiger partial charge is 0.473 e. The van der Waals surface area contributed by atoms with E-state index in [0.29, 0.717) is 43.2 Å². The van der Waals surface area contributed by atoms with Crippen molar-refractivity contribution in [3.63, 3.8) is 0 Å². The van der Waals surface area contributed by atoms with Gasteiger partial charge in [-0.3, -0.25) is 4.79 Å². The van der Waals surface area contributed by atoms with Crippen molar-refractivity contribution >= 4 is 27.7 Å². The van der Waals surface area contributed by atoms with Gasteiger partial charge < -0.3 is 19.4 Å². The molecule has 206 valence electrons. The summed E-state index contributed by atoms with van der Waals surface area (Å²) in [5.74, 6) is -1.15. The fraction of sp³-hybridized carbons (Fsp3) is 0.500. The highest BCUT2D eigenvalue weighted by Crippen LogP contribution is 2.41. The lowest BCUT2D eigenvalue weighted by Crippen LogP contribution is -2.42. The molecule has 1 unspecified atom stereocenters. The molecule has 14 heteroatoms. The van der Waals surface area contributed by atoms with Gasteiger partial charge in [-0.25, -0.2) is 32.7 Å². The summed E-state index contributed by atoms with van der Waals surface area (Å²) in [6.07, 6.45) is 1.75. The summed E-state index contributed by atoms with van der Waals surface area (Å²) in [7, 11) is -2.47. The number of amides is 2. The molecular formula is C24H31FN6O6S. The SMILES string of the molecule is CCC(=O)NS(=O)(=O)c1ccc(C2NN(C)c3c(OC4CCN(C(=O)OC(C)C)CC4)ncnc32)c(F)c1. The zero-order valence-electron chi connectivity index (χ0n) is 21.6. The first-order chi connectivity index (χ1) is 18.0. The van der Waals surface area contributed by atoms with Gasteiger partial charge in [-0.1, -0.05) is 13.0 Å². The van der Waals surface area contributed by atoms with E-state index in [1.165, 1.54) is 25.4 Å². The minimum atomic E-state index is -4.19. The van der Waals surface area contributed by atoms with Crippen LogP contribution in [-0.4, -0.2) is 67.6 Å². The Kier molecular flexibility index (Phi) is 8.02.